The molecule has 2 rings (SSSR count). The Labute approximate surface area is 114 Å². The topological polar surface area (TPSA) is 69.6 Å². The maximum absolute atomic E-state index is 12.2. The lowest BCUT2D eigenvalue weighted by Gasteiger charge is -2.29. The van der Waals surface area contributed by atoms with Crippen molar-refractivity contribution in [3.63, 3.8) is 0 Å². The largest absolute Gasteiger partial charge is 0.481 e. The van der Waals surface area contributed by atoms with Crippen molar-refractivity contribution in [3.8, 4) is 0 Å². The van der Waals surface area contributed by atoms with Gasteiger partial charge in [-0.3, -0.25) is 4.79 Å². The van der Waals surface area contributed by atoms with Crippen LogP contribution < -0.4 is 5.32 Å². The maximum Gasteiger partial charge on any atom is 0.317 e. The minimum atomic E-state index is -0.802. The van der Waals surface area contributed by atoms with E-state index in [4.69, 9.17) is 5.11 Å². The second-order valence-corrected chi connectivity index (χ2v) is 6.71. The Kier molecular flexibility index (Phi) is 3.74. The summed E-state index contributed by atoms with van der Waals surface area (Å²) in [4.78, 5) is 24.9. The number of nitrogens with one attached hydrogen (secondary N) is 1. The first-order valence-corrected chi connectivity index (χ1v) is 7.09. The number of rotatable bonds is 2. The molecule has 1 saturated heterocycles. The Hall–Kier alpha value is -1.26. The van der Waals surface area contributed by atoms with Crippen LogP contribution in [0.15, 0.2) is 0 Å². The van der Waals surface area contributed by atoms with Crippen LogP contribution in [0, 0.1) is 17.3 Å². The first-order chi connectivity index (χ1) is 8.81. The average molecular weight is 268 g/mol. The van der Waals surface area contributed by atoms with Crippen molar-refractivity contribution in [1.82, 2.24) is 10.2 Å². The monoisotopic (exact) mass is 268 g/mol. The Bertz CT molecular complexity index is 381. The number of likely N-dealkylation sites (tertiary alicyclic amines) is 1. The number of hydrogen-bond acceptors (Lipinski definition) is 2. The van der Waals surface area contributed by atoms with Gasteiger partial charge in [0, 0.05) is 19.1 Å². The fourth-order valence-electron chi connectivity index (χ4n) is 3.29. The molecule has 3 unspecified atom stereocenters. The molecular weight excluding hydrogens is 244 g/mol. The Balaban J connectivity index is 1.93. The van der Waals surface area contributed by atoms with Gasteiger partial charge in [-0.2, -0.15) is 0 Å². The number of carbonyl (C=O) groups is 2. The molecule has 1 saturated carbocycles. The zero-order valence-electron chi connectivity index (χ0n) is 12.0. The van der Waals surface area contributed by atoms with Crippen molar-refractivity contribution < 1.29 is 14.7 Å². The van der Waals surface area contributed by atoms with E-state index in [1.54, 1.807) is 4.90 Å². The van der Waals surface area contributed by atoms with Crippen LogP contribution in [0.4, 0.5) is 4.79 Å². The standard InChI is InChI=1S/C14H24N2O3/c1-9-7-16(8-10(9)12(17)18)13(19)15-11-5-4-6-14(11,2)3/h9-11H,4-8H2,1-3H3,(H,15,19)(H,17,18). The molecule has 5 heteroatoms. The second kappa shape index (κ2) is 5.02. The predicted molar refractivity (Wildman–Crippen MR) is 71.8 cm³/mol. The molecule has 0 aromatic rings. The fraction of sp³-hybridized carbons (Fsp3) is 0.857. The summed E-state index contributed by atoms with van der Waals surface area (Å²) >= 11 is 0. The van der Waals surface area contributed by atoms with Gasteiger partial charge in [0.1, 0.15) is 0 Å². The Morgan fingerprint density at radius 3 is 2.47 bits per heavy atom. The predicted octanol–water partition coefficient (Wildman–Crippen LogP) is 1.93. The summed E-state index contributed by atoms with van der Waals surface area (Å²) < 4.78 is 0. The molecule has 1 aliphatic carbocycles. The Morgan fingerprint density at radius 1 is 1.32 bits per heavy atom. The third-order valence-electron chi connectivity index (χ3n) is 4.77. The maximum atomic E-state index is 12.2. The van der Waals surface area contributed by atoms with Crippen molar-refractivity contribution in [2.45, 2.75) is 46.1 Å². The highest BCUT2D eigenvalue weighted by atomic mass is 16.4. The minimum absolute atomic E-state index is 0.0276. The number of carbonyl (C=O) groups excluding carboxylic acids is 1. The minimum Gasteiger partial charge on any atom is -0.481 e. The molecule has 0 spiro atoms. The third-order valence-corrected chi connectivity index (χ3v) is 4.77. The molecule has 108 valence electrons. The van der Waals surface area contributed by atoms with Gasteiger partial charge in [-0.25, -0.2) is 4.79 Å². The normalized spacial score (nSPS) is 33.4. The summed E-state index contributed by atoms with van der Waals surface area (Å²) in [5.41, 5.74) is 0.146. The van der Waals surface area contributed by atoms with Gasteiger partial charge in [-0.1, -0.05) is 27.2 Å². The van der Waals surface area contributed by atoms with E-state index in [0.717, 1.165) is 19.3 Å². The number of aliphatic carboxylic acids is 1. The van der Waals surface area contributed by atoms with Gasteiger partial charge < -0.3 is 15.3 Å². The molecular formula is C14H24N2O3. The first kappa shape index (κ1) is 14.2. The number of amides is 2. The first-order valence-electron chi connectivity index (χ1n) is 7.09. The lowest BCUT2D eigenvalue weighted by Crippen LogP contribution is -2.47. The highest BCUT2D eigenvalue weighted by Crippen LogP contribution is 2.37. The van der Waals surface area contributed by atoms with Gasteiger partial charge in [0.05, 0.1) is 5.92 Å². The van der Waals surface area contributed by atoms with Crippen molar-refractivity contribution in [2.24, 2.45) is 17.3 Å². The van der Waals surface area contributed by atoms with Crippen LogP contribution in [0.2, 0.25) is 0 Å². The molecule has 2 fully saturated rings. The fourth-order valence-corrected chi connectivity index (χ4v) is 3.29. The summed E-state index contributed by atoms with van der Waals surface area (Å²) in [7, 11) is 0. The molecule has 2 amide bonds. The molecule has 0 radical (unpaired) electrons. The van der Waals surface area contributed by atoms with Crippen molar-refractivity contribution >= 4 is 12.0 Å². The van der Waals surface area contributed by atoms with E-state index in [1.807, 2.05) is 6.92 Å². The summed E-state index contributed by atoms with van der Waals surface area (Å²) in [5.74, 6) is -1.20. The van der Waals surface area contributed by atoms with E-state index in [-0.39, 0.29) is 23.4 Å². The number of urea groups is 1. The highest BCUT2D eigenvalue weighted by molar-refractivity contribution is 5.78. The highest BCUT2D eigenvalue weighted by Gasteiger charge is 2.40. The number of carboxylic acid groups (broad SMARTS) is 1. The summed E-state index contributed by atoms with van der Waals surface area (Å²) in [6.45, 7) is 7.12. The number of hydrogen-bond donors (Lipinski definition) is 2. The van der Waals surface area contributed by atoms with E-state index in [2.05, 4.69) is 19.2 Å². The van der Waals surface area contributed by atoms with Crippen LogP contribution in [-0.2, 0) is 4.79 Å². The van der Waals surface area contributed by atoms with E-state index in [0.29, 0.717) is 13.1 Å². The molecule has 1 heterocycles. The number of nitrogens with zero attached hydrogens (tertiary/aromatic N) is 1. The van der Waals surface area contributed by atoms with Crippen molar-refractivity contribution in [3.05, 3.63) is 0 Å². The summed E-state index contributed by atoms with van der Waals surface area (Å²) in [6.07, 6.45) is 3.29. The SMILES string of the molecule is CC1CN(C(=O)NC2CCCC2(C)C)CC1C(=O)O. The lowest BCUT2D eigenvalue weighted by atomic mass is 9.87. The van der Waals surface area contributed by atoms with E-state index >= 15 is 0 Å². The van der Waals surface area contributed by atoms with Crippen LogP contribution in [0.5, 0.6) is 0 Å². The average Bonchev–Trinajstić information content (AvgIpc) is 2.83. The van der Waals surface area contributed by atoms with Gasteiger partial charge in [-0.05, 0) is 24.2 Å². The molecule has 5 nitrogen and oxygen atoms in total. The van der Waals surface area contributed by atoms with Crippen molar-refractivity contribution in [2.75, 3.05) is 13.1 Å². The van der Waals surface area contributed by atoms with Crippen LogP contribution in [-0.4, -0.2) is 41.1 Å². The molecule has 1 aliphatic heterocycles. The van der Waals surface area contributed by atoms with Crippen molar-refractivity contribution in [1.29, 1.82) is 0 Å². The van der Waals surface area contributed by atoms with Gasteiger partial charge in [0.15, 0.2) is 0 Å². The smallest absolute Gasteiger partial charge is 0.317 e. The zero-order valence-corrected chi connectivity index (χ0v) is 12.0. The van der Waals surface area contributed by atoms with Gasteiger partial charge in [0.25, 0.3) is 0 Å². The zero-order chi connectivity index (χ0) is 14.2. The van der Waals surface area contributed by atoms with Gasteiger partial charge >= 0.3 is 12.0 Å². The van der Waals surface area contributed by atoms with Crippen LogP contribution >= 0.6 is 0 Å². The van der Waals surface area contributed by atoms with Gasteiger partial charge in [-0.15, -0.1) is 0 Å². The van der Waals surface area contributed by atoms with E-state index < -0.39 is 11.9 Å². The lowest BCUT2D eigenvalue weighted by molar-refractivity contribution is -0.142. The molecule has 2 N–H and O–H groups in total. The summed E-state index contributed by atoms with van der Waals surface area (Å²) in [6, 6.07) is 0.106. The third kappa shape index (κ3) is 2.85. The molecule has 0 aromatic carbocycles. The van der Waals surface area contributed by atoms with E-state index in [9.17, 15) is 9.59 Å². The molecule has 0 bridgehead atoms. The molecule has 19 heavy (non-hydrogen) atoms. The van der Waals surface area contributed by atoms with Crippen LogP contribution in [0.25, 0.3) is 0 Å². The second-order valence-electron chi connectivity index (χ2n) is 6.71. The Morgan fingerprint density at radius 2 is 2.00 bits per heavy atom. The quantitative estimate of drug-likeness (QED) is 0.804. The van der Waals surface area contributed by atoms with Gasteiger partial charge in [0.2, 0.25) is 0 Å². The molecule has 3 atom stereocenters. The summed E-state index contributed by atoms with van der Waals surface area (Å²) in [5, 5.41) is 12.2. The van der Waals surface area contributed by atoms with Crippen LogP contribution in [0.1, 0.15) is 40.0 Å². The molecule has 0 aromatic heterocycles. The van der Waals surface area contributed by atoms with E-state index in [1.165, 1.54) is 0 Å². The molecule has 2 aliphatic rings. The van der Waals surface area contributed by atoms with Crippen LogP contribution in [0.3, 0.4) is 0 Å². The number of carboxylic acids is 1.